The van der Waals surface area contributed by atoms with Crippen molar-refractivity contribution in [2.75, 3.05) is 33.8 Å². The second-order valence-electron chi connectivity index (χ2n) is 9.35. The molecule has 3 heterocycles. The van der Waals surface area contributed by atoms with Crippen LogP contribution in [0.5, 0.6) is 5.75 Å². The average Bonchev–Trinajstić information content (AvgIpc) is 3.28. The van der Waals surface area contributed by atoms with Crippen LogP contribution in [0.15, 0.2) is 61.2 Å². The smallest absolute Gasteiger partial charge is 0.328 e. The first-order valence-electron chi connectivity index (χ1n) is 11.6. The third-order valence-corrected chi connectivity index (χ3v) is 7.13. The number of ether oxygens (including phenoxy) is 1. The van der Waals surface area contributed by atoms with Gasteiger partial charge in [-0.1, -0.05) is 36.4 Å². The van der Waals surface area contributed by atoms with Crippen LogP contribution in [-0.4, -0.2) is 71.0 Å². The minimum absolute atomic E-state index is 0.145. The molecular formula is C27H30N4O3. The summed E-state index contributed by atoms with van der Waals surface area (Å²) in [6.07, 6.45) is 2.26. The Hall–Kier alpha value is -3.58. The Morgan fingerprint density at radius 3 is 2.71 bits per heavy atom. The van der Waals surface area contributed by atoms with Gasteiger partial charge in [0.2, 0.25) is 0 Å². The summed E-state index contributed by atoms with van der Waals surface area (Å²) in [5.41, 5.74) is 2.99. The Bertz CT molecular complexity index is 1270. The number of rotatable bonds is 7. The van der Waals surface area contributed by atoms with Crippen LogP contribution in [-0.2, 0) is 11.2 Å². The van der Waals surface area contributed by atoms with Gasteiger partial charge in [-0.3, -0.25) is 14.6 Å². The largest absolute Gasteiger partial charge is 0.497 e. The zero-order valence-corrected chi connectivity index (χ0v) is 19.9. The van der Waals surface area contributed by atoms with Crippen LogP contribution < -0.4 is 4.74 Å². The number of hydrogen-bond acceptors (Lipinski definition) is 4. The summed E-state index contributed by atoms with van der Waals surface area (Å²) in [7, 11) is 3.61. The molecule has 0 saturated carbocycles. The summed E-state index contributed by atoms with van der Waals surface area (Å²) in [5, 5.41) is 1.03. The number of methoxy groups -OCH3 is 1. The van der Waals surface area contributed by atoms with Crippen molar-refractivity contribution < 1.29 is 14.3 Å². The van der Waals surface area contributed by atoms with E-state index in [0.29, 0.717) is 26.1 Å². The number of likely N-dealkylation sites (N-methyl/N-ethyl adjacent to an activating group) is 1. The summed E-state index contributed by atoms with van der Waals surface area (Å²) >= 11 is 0. The van der Waals surface area contributed by atoms with Crippen LogP contribution in [0, 0.1) is 0 Å². The van der Waals surface area contributed by atoms with Gasteiger partial charge in [-0.15, -0.1) is 6.58 Å². The minimum Gasteiger partial charge on any atom is -0.497 e. The SMILES string of the molecule is C=CCN(C)CCN1C(=O)N2[C@H](c3ccccc3)c3[nH]c4ccc(OC)cc4c3C[C@@]2(C)C1=O. The number of benzene rings is 2. The van der Waals surface area contributed by atoms with E-state index in [1.165, 1.54) is 4.90 Å². The van der Waals surface area contributed by atoms with Crippen LogP contribution in [0.2, 0.25) is 0 Å². The van der Waals surface area contributed by atoms with E-state index < -0.39 is 5.54 Å². The summed E-state index contributed by atoms with van der Waals surface area (Å²) in [6.45, 7) is 7.30. The number of H-pyrrole nitrogens is 1. The van der Waals surface area contributed by atoms with Gasteiger partial charge in [0.05, 0.1) is 7.11 Å². The Balaban J connectivity index is 1.63. The van der Waals surface area contributed by atoms with Gasteiger partial charge < -0.3 is 14.6 Å². The van der Waals surface area contributed by atoms with E-state index in [9.17, 15) is 9.59 Å². The highest BCUT2D eigenvalue weighted by Gasteiger charge is 2.60. The second-order valence-corrected chi connectivity index (χ2v) is 9.35. The van der Waals surface area contributed by atoms with E-state index in [1.54, 1.807) is 12.0 Å². The number of carbonyl (C=O) groups is 2. The fourth-order valence-electron chi connectivity index (χ4n) is 5.38. The predicted octanol–water partition coefficient (Wildman–Crippen LogP) is 3.96. The highest BCUT2D eigenvalue weighted by molar-refractivity contribution is 6.08. The molecule has 1 N–H and O–H groups in total. The molecule has 7 nitrogen and oxygen atoms in total. The molecule has 1 aromatic heterocycles. The maximum atomic E-state index is 13.8. The molecule has 1 saturated heterocycles. The van der Waals surface area contributed by atoms with Crippen molar-refractivity contribution in [3.63, 3.8) is 0 Å². The summed E-state index contributed by atoms with van der Waals surface area (Å²) < 4.78 is 5.47. The topological polar surface area (TPSA) is 68.9 Å². The minimum atomic E-state index is -0.972. The van der Waals surface area contributed by atoms with Crippen molar-refractivity contribution in [3.8, 4) is 5.75 Å². The second kappa shape index (κ2) is 8.33. The first-order valence-corrected chi connectivity index (χ1v) is 11.6. The van der Waals surface area contributed by atoms with Crippen LogP contribution >= 0.6 is 0 Å². The number of aromatic nitrogens is 1. The maximum Gasteiger partial charge on any atom is 0.328 e. The molecule has 3 aromatic rings. The molecule has 2 aliphatic heterocycles. The third-order valence-electron chi connectivity index (χ3n) is 7.13. The fraction of sp³-hybridized carbons (Fsp3) is 0.333. The number of imide groups is 1. The molecule has 7 heteroatoms. The average molecular weight is 459 g/mol. The van der Waals surface area contributed by atoms with Gasteiger partial charge in [0.25, 0.3) is 5.91 Å². The standard InChI is InChI=1S/C27H30N4O3/c1-5-13-29(3)14-15-30-25(32)27(2)17-21-20-16-19(34-4)11-12-22(20)28-23(21)24(31(27)26(30)33)18-9-7-6-8-10-18/h5-12,16,24,28H,1,13-15,17H2,2-4H3/t24-,27+/m1/s1. The van der Waals surface area contributed by atoms with Gasteiger partial charge >= 0.3 is 6.03 Å². The van der Waals surface area contributed by atoms with E-state index >= 15 is 0 Å². The molecule has 34 heavy (non-hydrogen) atoms. The van der Waals surface area contributed by atoms with Crippen molar-refractivity contribution in [1.29, 1.82) is 0 Å². The molecule has 2 atom stereocenters. The Labute approximate surface area is 199 Å². The lowest BCUT2D eigenvalue weighted by molar-refractivity contribution is -0.133. The zero-order valence-electron chi connectivity index (χ0n) is 19.9. The van der Waals surface area contributed by atoms with Crippen LogP contribution in [0.1, 0.15) is 29.8 Å². The van der Waals surface area contributed by atoms with Crippen LogP contribution in [0.25, 0.3) is 10.9 Å². The number of hydrogen-bond donors (Lipinski definition) is 1. The van der Waals surface area contributed by atoms with E-state index in [-0.39, 0.29) is 18.0 Å². The van der Waals surface area contributed by atoms with Crippen LogP contribution in [0.4, 0.5) is 4.79 Å². The highest BCUT2D eigenvalue weighted by atomic mass is 16.5. The van der Waals surface area contributed by atoms with E-state index in [0.717, 1.165) is 33.5 Å². The Kier molecular flexibility index (Phi) is 5.44. The predicted molar refractivity (Wildman–Crippen MR) is 132 cm³/mol. The van der Waals surface area contributed by atoms with Gasteiger partial charge in [-0.2, -0.15) is 0 Å². The quantitative estimate of drug-likeness (QED) is 0.430. The van der Waals surface area contributed by atoms with E-state index in [1.807, 2.05) is 73.5 Å². The molecule has 0 bridgehead atoms. The summed E-state index contributed by atoms with van der Waals surface area (Å²) in [5.74, 6) is 0.618. The Morgan fingerprint density at radius 2 is 2.00 bits per heavy atom. The van der Waals surface area contributed by atoms with Gasteiger partial charge in [-0.25, -0.2) is 4.79 Å². The molecule has 1 fully saturated rings. The maximum absolute atomic E-state index is 13.8. The number of nitrogens with one attached hydrogen (secondary N) is 1. The molecule has 5 rings (SSSR count). The molecule has 176 valence electrons. The van der Waals surface area contributed by atoms with Crippen molar-refractivity contribution >= 4 is 22.8 Å². The number of fused-ring (bicyclic) bond motifs is 4. The third kappa shape index (κ3) is 3.30. The lowest BCUT2D eigenvalue weighted by atomic mass is 9.81. The molecule has 0 aliphatic carbocycles. The first-order chi connectivity index (χ1) is 16.4. The highest BCUT2D eigenvalue weighted by Crippen LogP contribution is 2.48. The molecule has 0 spiro atoms. The molecule has 3 amide bonds. The lowest BCUT2D eigenvalue weighted by Crippen LogP contribution is -2.53. The first kappa shape index (κ1) is 22.2. The van der Waals surface area contributed by atoms with Crippen molar-refractivity contribution in [2.45, 2.75) is 24.9 Å². The summed E-state index contributed by atoms with van der Waals surface area (Å²) in [6, 6.07) is 15.2. The molecule has 2 aromatic carbocycles. The normalized spacial score (nSPS) is 21.8. The monoisotopic (exact) mass is 458 g/mol. The number of nitrogens with zero attached hydrogens (tertiary/aromatic N) is 3. The number of urea groups is 1. The molecular weight excluding hydrogens is 428 g/mol. The van der Waals surface area contributed by atoms with E-state index in [4.69, 9.17) is 4.74 Å². The van der Waals surface area contributed by atoms with E-state index in [2.05, 4.69) is 11.6 Å². The van der Waals surface area contributed by atoms with Gasteiger partial charge in [-0.05, 0) is 43.3 Å². The summed E-state index contributed by atoms with van der Waals surface area (Å²) in [4.78, 5) is 36.4. The van der Waals surface area contributed by atoms with Gasteiger partial charge in [0.15, 0.2) is 0 Å². The number of carbonyl (C=O) groups excluding carboxylic acids is 2. The molecule has 2 aliphatic rings. The van der Waals surface area contributed by atoms with Gasteiger partial charge in [0.1, 0.15) is 17.3 Å². The van der Waals surface area contributed by atoms with Gasteiger partial charge in [0, 0.05) is 42.7 Å². The number of amides is 3. The van der Waals surface area contributed by atoms with Crippen molar-refractivity contribution in [2.24, 2.45) is 0 Å². The Morgan fingerprint density at radius 1 is 1.24 bits per heavy atom. The molecule has 0 radical (unpaired) electrons. The van der Waals surface area contributed by atoms with Crippen molar-refractivity contribution in [3.05, 3.63) is 78.0 Å². The zero-order chi connectivity index (χ0) is 24.0. The van der Waals surface area contributed by atoms with Crippen LogP contribution in [0.3, 0.4) is 0 Å². The fourth-order valence-corrected chi connectivity index (χ4v) is 5.38. The molecule has 0 unspecified atom stereocenters. The lowest BCUT2D eigenvalue weighted by Gasteiger charge is -2.42. The van der Waals surface area contributed by atoms with Crippen molar-refractivity contribution in [1.82, 2.24) is 19.7 Å². The number of aromatic amines is 1.